The Morgan fingerprint density at radius 2 is 1.94 bits per heavy atom. The average Bonchev–Trinajstić information content (AvgIpc) is 2.33. The van der Waals surface area contributed by atoms with Gasteiger partial charge in [0, 0.05) is 22.7 Å². The molecular formula is C12H17IN2O2S. The van der Waals surface area contributed by atoms with E-state index >= 15 is 0 Å². The lowest BCUT2D eigenvalue weighted by Crippen LogP contribution is -2.49. The maximum atomic E-state index is 12.4. The van der Waals surface area contributed by atoms with Crippen molar-refractivity contribution in [3.8, 4) is 0 Å². The van der Waals surface area contributed by atoms with Crippen LogP contribution in [0.3, 0.4) is 0 Å². The Hall–Kier alpha value is -0.180. The molecule has 100 valence electrons. The van der Waals surface area contributed by atoms with Crippen LogP contribution in [0.2, 0.25) is 0 Å². The minimum absolute atomic E-state index is 0.0719. The first-order chi connectivity index (χ1) is 8.41. The lowest BCUT2D eigenvalue weighted by molar-refractivity contribution is 0.253. The molecule has 1 aliphatic rings. The summed E-state index contributed by atoms with van der Waals surface area (Å²) in [4.78, 5) is 0.352. The Bertz CT molecular complexity index is 515. The quantitative estimate of drug-likeness (QED) is 0.794. The lowest BCUT2D eigenvalue weighted by Gasteiger charge is -2.34. The zero-order valence-electron chi connectivity index (χ0n) is 10.2. The van der Waals surface area contributed by atoms with Crippen LogP contribution in [0.4, 0.5) is 0 Å². The van der Waals surface area contributed by atoms with Crippen LogP contribution in [-0.2, 0) is 10.0 Å². The number of sulfonamides is 1. The molecule has 1 aliphatic heterocycles. The molecule has 18 heavy (non-hydrogen) atoms. The Morgan fingerprint density at radius 1 is 1.33 bits per heavy atom. The van der Waals surface area contributed by atoms with Crippen LogP contribution in [0.5, 0.6) is 0 Å². The molecule has 1 aromatic carbocycles. The summed E-state index contributed by atoms with van der Waals surface area (Å²) in [5.41, 5.74) is 5.96. The normalized spacial score (nSPS) is 26.2. The van der Waals surface area contributed by atoms with Crippen molar-refractivity contribution in [1.29, 1.82) is 0 Å². The largest absolute Gasteiger partial charge is 0.326 e. The van der Waals surface area contributed by atoms with Crippen LogP contribution in [-0.4, -0.2) is 31.9 Å². The fourth-order valence-corrected chi connectivity index (χ4v) is 3.89. The van der Waals surface area contributed by atoms with E-state index in [1.54, 1.807) is 24.3 Å². The average molecular weight is 380 g/mol. The molecule has 1 fully saturated rings. The topological polar surface area (TPSA) is 63.4 Å². The summed E-state index contributed by atoms with van der Waals surface area (Å²) in [7, 11) is -3.39. The fraction of sp³-hybridized carbons (Fsp3) is 0.500. The molecule has 0 aliphatic carbocycles. The van der Waals surface area contributed by atoms with Crippen LogP contribution in [0, 0.1) is 9.49 Å². The van der Waals surface area contributed by atoms with Crippen LogP contribution in [0.25, 0.3) is 0 Å². The van der Waals surface area contributed by atoms with Crippen molar-refractivity contribution in [2.24, 2.45) is 11.7 Å². The highest BCUT2D eigenvalue weighted by Gasteiger charge is 2.31. The molecular weight excluding hydrogens is 363 g/mol. The molecule has 0 amide bonds. The Labute approximate surface area is 122 Å². The molecule has 2 N–H and O–H groups in total. The third-order valence-corrected chi connectivity index (χ3v) is 6.03. The maximum absolute atomic E-state index is 12.4. The van der Waals surface area contributed by atoms with E-state index in [4.69, 9.17) is 5.73 Å². The van der Waals surface area contributed by atoms with Crippen molar-refractivity contribution in [3.63, 3.8) is 0 Å². The number of hydrogen-bond acceptors (Lipinski definition) is 3. The molecule has 1 heterocycles. The van der Waals surface area contributed by atoms with Crippen LogP contribution >= 0.6 is 22.6 Å². The summed E-state index contributed by atoms with van der Waals surface area (Å²) >= 11 is 2.16. The SMILES string of the molecule is CC1CCN(S(=O)(=O)c2ccc(I)cc2)CC1N. The minimum atomic E-state index is -3.39. The summed E-state index contributed by atoms with van der Waals surface area (Å²) in [5.74, 6) is 0.383. The van der Waals surface area contributed by atoms with Gasteiger partial charge in [-0.25, -0.2) is 8.42 Å². The van der Waals surface area contributed by atoms with Gasteiger partial charge in [0.2, 0.25) is 10.0 Å². The Morgan fingerprint density at radius 3 is 2.50 bits per heavy atom. The van der Waals surface area contributed by atoms with E-state index < -0.39 is 10.0 Å². The minimum Gasteiger partial charge on any atom is -0.326 e. The maximum Gasteiger partial charge on any atom is 0.243 e. The molecule has 2 rings (SSSR count). The van der Waals surface area contributed by atoms with Gasteiger partial charge in [0.25, 0.3) is 0 Å². The highest BCUT2D eigenvalue weighted by atomic mass is 127. The van der Waals surface area contributed by atoms with Gasteiger partial charge < -0.3 is 5.73 Å². The molecule has 2 atom stereocenters. The molecule has 6 heteroatoms. The number of piperidine rings is 1. The summed E-state index contributed by atoms with van der Waals surface area (Å²) in [6.45, 7) is 3.04. The van der Waals surface area contributed by atoms with Gasteiger partial charge in [-0.15, -0.1) is 0 Å². The third-order valence-electron chi connectivity index (χ3n) is 3.43. The van der Waals surface area contributed by atoms with Gasteiger partial charge in [-0.1, -0.05) is 6.92 Å². The zero-order valence-corrected chi connectivity index (χ0v) is 13.2. The van der Waals surface area contributed by atoms with Crippen molar-refractivity contribution in [2.45, 2.75) is 24.3 Å². The first-order valence-corrected chi connectivity index (χ1v) is 8.44. The summed E-state index contributed by atoms with van der Waals surface area (Å²) in [5, 5.41) is 0. The summed E-state index contributed by atoms with van der Waals surface area (Å²) in [6, 6.07) is 6.85. The zero-order chi connectivity index (χ0) is 13.3. The van der Waals surface area contributed by atoms with Crippen molar-refractivity contribution < 1.29 is 8.42 Å². The molecule has 1 aromatic rings. The molecule has 4 nitrogen and oxygen atoms in total. The van der Waals surface area contributed by atoms with Crippen LogP contribution in [0.15, 0.2) is 29.2 Å². The molecule has 0 bridgehead atoms. The number of rotatable bonds is 2. The highest BCUT2D eigenvalue weighted by Crippen LogP contribution is 2.23. The molecule has 0 radical (unpaired) electrons. The number of nitrogens with zero attached hydrogens (tertiary/aromatic N) is 1. The van der Waals surface area contributed by atoms with E-state index in [0.717, 1.165) is 9.99 Å². The summed E-state index contributed by atoms with van der Waals surface area (Å²) in [6.07, 6.45) is 0.824. The van der Waals surface area contributed by atoms with Crippen molar-refractivity contribution in [3.05, 3.63) is 27.8 Å². The molecule has 0 saturated carbocycles. The van der Waals surface area contributed by atoms with E-state index in [-0.39, 0.29) is 6.04 Å². The highest BCUT2D eigenvalue weighted by molar-refractivity contribution is 14.1. The van der Waals surface area contributed by atoms with Crippen molar-refractivity contribution in [1.82, 2.24) is 4.31 Å². The number of halogens is 1. The second-order valence-electron chi connectivity index (χ2n) is 4.75. The van der Waals surface area contributed by atoms with E-state index in [1.165, 1.54) is 4.31 Å². The first-order valence-electron chi connectivity index (χ1n) is 5.92. The van der Waals surface area contributed by atoms with Crippen LogP contribution < -0.4 is 5.73 Å². The van der Waals surface area contributed by atoms with Crippen molar-refractivity contribution >= 4 is 32.6 Å². The second-order valence-corrected chi connectivity index (χ2v) is 7.93. The van der Waals surface area contributed by atoms with E-state index in [1.807, 2.05) is 0 Å². The van der Waals surface area contributed by atoms with Gasteiger partial charge in [-0.3, -0.25) is 0 Å². The standard InChI is InChI=1S/C12H17IN2O2S/c1-9-6-7-15(8-12(9)14)18(16,17)11-4-2-10(13)3-5-11/h2-5,9,12H,6-8,14H2,1H3. The molecule has 0 aromatic heterocycles. The smallest absolute Gasteiger partial charge is 0.243 e. The summed E-state index contributed by atoms with van der Waals surface area (Å²) < 4.78 is 27.4. The second kappa shape index (κ2) is 5.44. The number of hydrogen-bond donors (Lipinski definition) is 1. The van der Waals surface area contributed by atoms with E-state index in [0.29, 0.717) is 23.9 Å². The Kier molecular flexibility index (Phi) is 4.30. The number of benzene rings is 1. The van der Waals surface area contributed by atoms with Gasteiger partial charge in [0.15, 0.2) is 0 Å². The Balaban J connectivity index is 2.24. The van der Waals surface area contributed by atoms with Gasteiger partial charge in [-0.2, -0.15) is 4.31 Å². The third kappa shape index (κ3) is 2.87. The molecule has 0 spiro atoms. The number of nitrogens with two attached hydrogens (primary N) is 1. The van der Waals surface area contributed by atoms with Gasteiger partial charge in [0.05, 0.1) is 4.90 Å². The first kappa shape index (κ1) is 14.2. The van der Waals surface area contributed by atoms with E-state index in [9.17, 15) is 8.42 Å². The van der Waals surface area contributed by atoms with Crippen LogP contribution in [0.1, 0.15) is 13.3 Å². The lowest BCUT2D eigenvalue weighted by atomic mass is 9.96. The van der Waals surface area contributed by atoms with Gasteiger partial charge in [0.1, 0.15) is 0 Å². The van der Waals surface area contributed by atoms with Gasteiger partial charge >= 0.3 is 0 Å². The molecule has 1 saturated heterocycles. The predicted molar refractivity (Wildman–Crippen MR) is 79.7 cm³/mol. The predicted octanol–water partition coefficient (Wildman–Crippen LogP) is 1.65. The van der Waals surface area contributed by atoms with Gasteiger partial charge in [-0.05, 0) is 59.2 Å². The monoisotopic (exact) mass is 380 g/mol. The van der Waals surface area contributed by atoms with Crippen molar-refractivity contribution in [2.75, 3.05) is 13.1 Å². The van der Waals surface area contributed by atoms with E-state index in [2.05, 4.69) is 29.5 Å². The fourth-order valence-electron chi connectivity index (χ4n) is 2.04. The molecule has 2 unspecified atom stereocenters.